The number of nitro groups is 1. The number of aromatic nitrogens is 3. The summed E-state index contributed by atoms with van der Waals surface area (Å²) in [5.41, 5.74) is 1.90. The van der Waals surface area contributed by atoms with Crippen molar-refractivity contribution in [3.8, 4) is 0 Å². The summed E-state index contributed by atoms with van der Waals surface area (Å²) in [4.78, 5) is 28.6. The van der Waals surface area contributed by atoms with Gasteiger partial charge in [-0.25, -0.2) is 0 Å². The Balaban J connectivity index is 1.45. The Labute approximate surface area is 198 Å². The van der Waals surface area contributed by atoms with E-state index >= 15 is 0 Å². The highest BCUT2D eigenvalue weighted by atomic mass is 32.2. The lowest BCUT2D eigenvalue weighted by atomic mass is 10.1. The Morgan fingerprint density at radius 2 is 2.09 bits per heavy atom. The predicted octanol–water partition coefficient (Wildman–Crippen LogP) is 4.68. The van der Waals surface area contributed by atoms with E-state index in [2.05, 4.69) is 20.5 Å². The molecule has 0 amide bonds. The maximum atomic E-state index is 12.6. The summed E-state index contributed by atoms with van der Waals surface area (Å²) < 4.78 is 1.68. The van der Waals surface area contributed by atoms with Crippen molar-refractivity contribution in [2.75, 3.05) is 17.6 Å². The van der Waals surface area contributed by atoms with Crippen molar-refractivity contribution in [3.05, 3.63) is 76.1 Å². The van der Waals surface area contributed by atoms with Crippen molar-refractivity contribution < 1.29 is 9.72 Å². The second-order valence-electron chi connectivity index (χ2n) is 7.10. The molecule has 9 nitrogen and oxygen atoms in total. The molecule has 2 heterocycles. The van der Waals surface area contributed by atoms with E-state index in [9.17, 15) is 14.9 Å². The lowest BCUT2D eigenvalue weighted by Gasteiger charge is -2.13. The van der Waals surface area contributed by atoms with Crippen LogP contribution in [0.3, 0.4) is 0 Å². The molecule has 0 radical (unpaired) electrons. The molecule has 0 saturated heterocycles. The van der Waals surface area contributed by atoms with Gasteiger partial charge in [0.15, 0.2) is 16.1 Å². The molecule has 0 spiro atoms. The topological polar surface area (TPSA) is 115 Å². The number of hydrogen-bond donors (Lipinski definition) is 1. The van der Waals surface area contributed by atoms with Crippen LogP contribution in [0.15, 0.2) is 69.9 Å². The third kappa shape index (κ3) is 5.88. The van der Waals surface area contributed by atoms with E-state index in [0.717, 1.165) is 41.3 Å². The van der Waals surface area contributed by atoms with Crippen LogP contribution in [0.25, 0.3) is 6.08 Å². The molecule has 168 valence electrons. The SMILES string of the molecule is Cn1cnnc1Sc1ccc(/C=C/C(=O)c2ccc(NC3=NCCCS3)cc2)cc1[N+](=O)[O-]. The molecule has 0 fully saturated rings. The molecule has 0 aliphatic carbocycles. The van der Waals surface area contributed by atoms with Crippen LogP contribution in [0.2, 0.25) is 0 Å². The van der Waals surface area contributed by atoms with Gasteiger partial charge in [0.1, 0.15) is 6.33 Å². The Hall–Kier alpha value is -3.44. The molecule has 3 aromatic rings. The minimum atomic E-state index is -0.446. The van der Waals surface area contributed by atoms with Gasteiger partial charge >= 0.3 is 0 Å². The van der Waals surface area contributed by atoms with E-state index in [-0.39, 0.29) is 11.5 Å². The highest BCUT2D eigenvalue weighted by Crippen LogP contribution is 2.34. The number of benzene rings is 2. The van der Waals surface area contributed by atoms with E-state index in [0.29, 0.717) is 21.2 Å². The van der Waals surface area contributed by atoms with Gasteiger partial charge in [-0.05, 0) is 60.2 Å². The standard InChI is InChI=1S/C22H20N6O3S2/c1-27-14-24-26-22(27)33-20-10-4-15(13-18(20)28(30)31)3-9-19(29)16-5-7-17(8-6-16)25-21-23-11-2-12-32-21/h3-10,13-14H,2,11-12H2,1H3,(H,23,25)/b9-3+. The quantitative estimate of drug-likeness (QED) is 0.224. The summed E-state index contributed by atoms with van der Waals surface area (Å²) in [6.07, 6.45) is 5.61. The van der Waals surface area contributed by atoms with Gasteiger partial charge in [-0.2, -0.15) is 0 Å². The van der Waals surface area contributed by atoms with Gasteiger partial charge in [0, 0.05) is 36.7 Å². The molecule has 1 aliphatic rings. The molecule has 1 aromatic heterocycles. The zero-order chi connectivity index (χ0) is 23.2. The van der Waals surface area contributed by atoms with Crippen LogP contribution in [0.4, 0.5) is 11.4 Å². The molecule has 0 saturated carbocycles. The number of carbonyl (C=O) groups excluding carboxylic acids is 1. The number of hydrogen-bond acceptors (Lipinski definition) is 9. The molecule has 1 aliphatic heterocycles. The van der Waals surface area contributed by atoms with Crippen LogP contribution in [0, 0.1) is 10.1 Å². The van der Waals surface area contributed by atoms with Gasteiger partial charge in [0.25, 0.3) is 5.69 Å². The summed E-state index contributed by atoms with van der Waals surface area (Å²) in [6.45, 7) is 0.828. The third-order valence-corrected chi connectivity index (χ3v) is 6.81. The molecule has 33 heavy (non-hydrogen) atoms. The van der Waals surface area contributed by atoms with Crippen molar-refractivity contribution in [2.24, 2.45) is 12.0 Å². The maximum Gasteiger partial charge on any atom is 0.283 e. The second kappa shape index (κ2) is 10.5. The van der Waals surface area contributed by atoms with Crippen LogP contribution in [0.1, 0.15) is 22.3 Å². The second-order valence-corrected chi connectivity index (χ2v) is 9.19. The fourth-order valence-electron chi connectivity index (χ4n) is 2.98. The van der Waals surface area contributed by atoms with E-state index in [4.69, 9.17) is 0 Å². The lowest BCUT2D eigenvalue weighted by molar-refractivity contribution is -0.387. The van der Waals surface area contributed by atoms with Crippen LogP contribution in [-0.2, 0) is 7.05 Å². The largest absolute Gasteiger partial charge is 0.335 e. The monoisotopic (exact) mass is 480 g/mol. The van der Waals surface area contributed by atoms with E-state index in [1.165, 1.54) is 18.5 Å². The number of aliphatic imine (C=N–C) groups is 1. The van der Waals surface area contributed by atoms with Crippen LogP contribution in [0.5, 0.6) is 0 Å². The number of ketones is 1. The van der Waals surface area contributed by atoms with Gasteiger partial charge < -0.3 is 9.88 Å². The normalized spacial score (nSPS) is 13.7. The van der Waals surface area contributed by atoms with E-state index in [1.54, 1.807) is 53.7 Å². The summed E-state index contributed by atoms with van der Waals surface area (Å²) in [5.74, 6) is 0.858. The number of nitrogens with one attached hydrogen (secondary N) is 1. The van der Waals surface area contributed by atoms with Gasteiger partial charge in [0.2, 0.25) is 0 Å². The molecule has 4 rings (SSSR count). The number of amidine groups is 1. The number of thioether (sulfide) groups is 1. The fraction of sp³-hybridized carbons (Fsp3) is 0.182. The van der Waals surface area contributed by atoms with Crippen molar-refractivity contribution >= 4 is 51.9 Å². The minimum absolute atomic E-state index is 0.0588. The Morgan fingerprint density at radius 3 is 2.76 bits per heavy atom. The number of carbonyl (C=O) groups is 1. The molecule has 11 heteroatoms. The number of nitrogens with zero attached hydrogens (tertiary/aromatic N) is 5. The zero-order valence-corrected chi connectivity index (χ0v) is 19.3. The van der Waals surface area contributed by atoms with Gasteiger partial charge in [0.05, 0.1) is 9.82 Å². The predicted molar refractivity (Wildman–Crippen MR) is 131 cm³/mol. The first-order chi connectivity index (χ1) is 16.0. The summed E-state index contributed by atoms with van der Waals surface area (Å²) in [6, 6.07) is 12.0. The highest BCUT2D eigenvalue weighted by Gasteiger charge is 2.17. The minimum Gasteiger partial charge on any atom is -0.335 e. The molecule has 0 bridgehead atoms. The average Bonchev–Trinajstić information content (AvgIpc) is 3.23. The number of aryl methyl sites for hydroxylation is 1. The molecular weight excluding hydrogens is 460 g/mol. The first kappa shape index (κ1) is 22.7. The molecule has 2 aromatic carbocycles. The number of allylic oxidation sites excluding steroid dienone is 1. The van der Waals surface area contributed by atoms with E-state index in [1.807, 2.05) is 12.1 Å². The molecule has 0 atom stereocenters. The number of rotatable bonds is 7. The zero-order valence-electron chi connectivity index (χ0n) is 17.7. The Morgan fingerprint density at radius 1 is 1.27 bits per heavy atom. The summed E-state index contributed by atoms with van der Waals surface area (Å²) >= 11 is 2.84. The molecule has 1 N–H and O–H groups in total. The van der Waals surface area contributed by atoms with Crippen LogP contribution in [-0.4, -0.2) is 42.9 Å². The Bertz CT molecular complexity index is 1240. The molecule has 0 unspecified atom stereocenters. The Kier molecular flexibility index (Phi) is 7.20. The van der Waals surface area contributed by atoms with Crippen molar-refractivity contribution in [2.45, 2.75) is 16.5 Å². The fourth-order valence-corrected chi connectivity index (χ4v) is 4.66. The smallest absolute Gasteiger partial charge is 0.283 e. The van der Waals surface area contributed by atoms with Gasteiger partial charge in [-0.1, -0.05) is 23.9 Å². The van der Waals surface area contributed by atoms with Gasteiger partial charge in [-0.3, -0.25) is 19.9 Å². The van der Waals surface area contributed by atoms with Crippen LogP contribution < -0.4 is 5.32 Å². The van der Waals surface area contributed by atoms with E-state index < -0.39 is 4.92 Å². The summed E-state index contributed by atoms with van der Waals surface area (Å²) in [7, 11) is 1.77. The van der Waals surface area contributed by atoms with Crippen molar-refractivity contribution in [3.63, 3.8) is 0 Å². The number of nitro benzene ring substituents is 1. The third-order valence-electron chi connectivity index (χ3n) is 4.70. The maximum absolute atomic E-state index is 12.6. The first-order valence-corrected chi connectivity index (χ1v) is 11.9. The van der Waals surface area contributed by atoms with Crippen molar-refractivity contribution in [1.29, 1.82) is 0 Å². The van der Waals surface area contributed by atoms with Crippen molar-refractivity contribution in [1.82, 2.24) is 14.8 Å². The first-order valence-electron chi connectivity index (χ1n) is 10.1. The molecular formula is C22H20N6O3S2. The van der Waals surface area contributed by atoms with Crippen LogP contribution >= 0.6 is 23.5 Å². The highest BCUT2D eigenvalue weighted by molar-refractivity contribution is 8.14. The lowest BCUT2D eigenvalue weighted by Crippen LogP contribution is -2.13. The average molecular weight is 481 g/mol. The summed E-state index contributed by atoms with van der Waals surface area (Å²) in [5, 5.41) is 24.0. The number of anilines is 1. The van der Waals surface area contributed by atoms with Gasteiger partial charge in [-0.15, -0.1) is 10.2 Å².